The summed E-state index contributed by atoms with van der Waals surface area (Å²) in [5.74, 6) is 0.407. The van der Waals surface area contributed by atoms with E-state index >= 15 is 0 Å². The summed E-state index contributed by atoms with van der Waals surface area (Å²) in [7, 11) is 2.15. The van der Waals surface area contributed by atoms with Crippen molar-refractivity contribution in [1.82, 2.24) is 14.9 Å². The maximum absolute atomic E-state index is 11.5. The summed E-state index contributed by atoms with van der Waals surface area (Å²) in [4.78, 5) is 23.9. The van der Waals surface area contributed by atoms with Crippen LogP contribution in [-0.2, 0) is 16.0 Å². The molecule has 1 saturated heterocycles. The van der Waals surface area contributed by atoms with Crippen molar-refractivity contribution in [3.05, 3.63) is 24.0 Å². The molecule has 1 N–H and O–H groups in total. The Hall–Kier alpha value is -2.08. The summed E-state index contributed by atoms with van der Waals surface area (Å²) in [5.41, 5.74) is 3.06. The van der Waals surface area contributed by atoms with Crippen molar-refractivity contribution in [3.63, 3.8) is 0 Å². The largest absolute Gasteiger partial charge is 0.466 e. The number of esters is 1. The van der Waals surface area contributed by atoms with Crippen molar-refractivity contribution in [2.75, 3.05) is 44.7 Å². The zero-order chi connectivity index (χ0) is 19.5. The molecule has 1 aliphatic rings. The van der Waals surface area contributed by atoms with Gasteiger partial charge in [-0.1, -0.05) is 27.7 Å². The standard InChI is InChI=1S/C16H22N4O2.2C2H6/c1-3-22-16(21)11-15-17-13-5-4-12(10-14(13)18-15)20-8-6-19(2)7-9-20;2*1-2/h4-5,10H,3,6-9,11H2,1-2H3,(H,17,18);2*1-2H3. The van der Waals surface area contributed by atoms with Crippen LogP contribution in [0, 0.1) is 0 Å². The van der Waals surface area contributed by atoms with Crippen molar-refractivity contribution in [1.29, 1.82) is 0 Å². The number of hydrogen-bond donors (Lipinski definition) is 1. The second-order valence-corrected chi connectivity index (χ2v) is 5.66. The van der Waals surface area contributed by atoms with E-state index in [4.69, 9.17) is 4.74 Å². The fourth-order valence-electron chi connectivity index (χ4n) is 2.74. The fourth-order valence-corrected chi connectivity index (χ4v) is 2.74. The van der Waals surface area contributed by atoms with E-state index in [1.165, 1.54) is 5.69 Å². The molecule has 146 valence electrons. The fraction of sp³-hybridized carbons (Fsp3) is 0.600. The first-order chi connectivity index (χ1) is 12.7. The zero-order valence-corrected chi connectivity index (χ0v) is 17.1. The highest BCUT2D eigenvalue weighted by Gasteiger charge is 2.15. The second kappa shape index (κ2) is 11.5. The highest BCUT2D eigenvalue weighted by molar-refractivity contribution is 5.81. The van der Waals surface area contributed by atoms with E-state index in [1.54, 1.807) is 6.92 Å². The molecule has 2 heterocycles. The minimum Gasteiger partial charge on any atom is -0.466 e. The van der Waals surface area contributed by atoms with Crippen LogP contribution in [0.4, 0.5) is 5.69 Å². The van der Waals surface area contributed by atoms with E-state index in [0.29, 0.717) is 12.4 Å². The number of benzene rings is 1. The first kappa shape index (κ1) is 22.0. The number of aromatic amines is 1. The lowest BCUT2D eigenvalue weighted by Crippen LogP contribution is -2.44. The van der Waals surface area contributed by atoms with Crippen molar-refractivity contribution in [3.8, 4) is 0 Å². The van der Waals surface area contributed by atoms with Gasteiger partial charge >= 0.3 is 5.97 Å². The number of carbonyl (C=O) groups is 1. The maximum Gasteiger partial charge on any atom is 0.313 e. The molecule has 6 heteroatoms. The molecule has 0 unspecified atom stereocenters. The first-order valence-corrected chi connectivity index (χ1v) is 9.73. The van der Waals surface area contributed by atoms with Gasteiger partial charge in [0.25, 0.3) is 0 Å². The maximum atomic E-state index is 11.5. The molecule has 6 nitrogen and oxygen atoms in total. The van der Waals surface area contributed by atoms with Crippen molar-refractivity contribution in [2.24, 2.45) is 0 Å². The van der Waals surface area contributed by atoms with Gasteiger partial charge in [0.15, 0.2) is 0 Å². The van der Waals surface area contributed by atoms with Crippen molar-refractivity contribution >= 4 is 22.7 Å². The molecule has 1 fully saturated rings. The topological polar surface area (TPSA) is 61.5 Å². The predicted molar refractivity (Wildman–Crippen MR) is 109 cm³/mol. The number of H-pyrrole nitrogens is 1. The van der Waals surface area contributed by atoms with Crippen molar-refractivity contribution in [2.45, 2.75) is 41.0 Å². The van der Waals surface area contributed by atoms with Gasteiger partial charge in [0, 0.05) is 31.9 Å². The second-order valence-electron chi connectivity index (χ2n) is 5.66. The van der Waals surface area contributed by atoms with E-state index in [9.17, 15) is 4.79 Å². The summed E-state index contributed by atoms with van der Waals surface area (Å²) in [5, 5.41) is 0. The Morgan fingerprint density at radius 2 is 1.81 bits per heavy atom. The molecule has 0 radical (unpaired) electrons. The number of aromatic nitrogens is 2. The van der Waals surface area contributed by atoms with Gasteiger partial charge in [-0.3, -0.25) is 4.79 Å². The van der Waals surface area contributed by atoms with Gasteiger partial charge in [0.05, 0.1) is 17.6 Å². The highest BCUT2D eigenvalue weighted by atomic mass is 16.5. The van der Waals surface area contributed by atoms with Gasteiger partial charge in [-0.2, -0.15) is 0 Å². The Morgan fingerprint density at radius 1 is 1.15 bits per heavy atom. The molecule has 0 saturated carbocycles. The van der Waals surface area contributed by atoms with E-state index in [2.05, 4.69) is 38.9 Å². The Bertz CT molecular complexity index is 661. The third-order valence-corrected chi connectivity index (χ3v) is 4.00. The predicted octanol–water partition coefficient (Wildman–Crippen LogP) is 3.47. The zero-order valence-electron chi connectivity index (χ0n) is 17.1. The number of ether oxygens (including phenoxy) is 1. The first-order valence-electron chi connectivity index (χ1n) is 9.73. The number of imidazole rings is 1. The third-order valence-electron chi connectivity index (χ3n) is 4.00. The summed E-state index contributed by atoms with van der Waals surface area (Å²) in [6.07, 6.45) is 0.187. The molecule has 3 rings (SSSR count). The minimum atomic E-state index is -0.249. The Balaban J connectivity index is 0.000000791. The summed E-state index contributed by atoms with van der Waals surface area (Å²) < 4.78 is 4.96. The molecular weight excluding hydrogens is 328 g/mol. The highest BCUT2D eigenvalue weighted by Crippen LogP contribution is 2.22. The molecule has 2 aromatic rings. The van der Waals surface area contributed by atoms with E-state index in [0.717, 1.165) is 37.2 Å². The van der Waals surface area contributed by atoms with Gasteiger partial charge < -0.3 is 19.5 Å². The molecule has 0 bridgehead atoms. The lowest BCUT2D eigenvalue weighted by molar-refractivity contribution is -0.142. The lowest BCUT2D eigenvalue weighted by atomic mass is 10.2. The van der Waals surface area contributed by atoms with Crippen LogP contribution in [0.1, 0.15) is 40.4 Å². The summed E-state index contributed by atoms with van der Waals surface area (Å²) in [6.45, 7) is 14.4. The van der Waals surface area contributed by atoms with Crippen LogP contribution in [0.15, 0.2) is 18.2 Å². The van der Waals surface area contributed by atoms with Crippen LogP contribution in [-0.4, -0.2) is 60.7 Å². The molecule has 1 aromatic carbocycles. The third kappa shape index (κ3) is 6.02. The number of anilines is 1. The van der Waals surface area contributed by atoms with Gasteiger partial charge in [-0.25, -0.2) is 4.98 Å². The number of nitrogens with zero attached hydrogens (tertiary/aromatic N) is 3. The van der Waals surface area contributed by atoms with Crippen LogP contribution >= 0.6 is 0 Å². The average molecular weight is 363 g/mol. The molecule has 1 aromatic heterocycles. The summed E-state index contributed by atoms with van der Waals surface area (Å²) >= 11 is 0. The number of piperazine rings is 1. The van der Waals surface area contributed by atoms with Gasteiger partial charge in [0.1, 0.15) is 12.2 Å². The number of nitrogens with one attached hydrogen (secondary N) is 1. The Morgan fingerprint density at radius 3 is 2.42 bits per heavy atom. The number of hydrogen-bond acceptors (Lipinski definition) is 5. The lowest BCUT2D eigenvalue weighted by Gasteiger charge is -2.34. The molecule has 0 aliphatic carbocycles. The van der Waals surface area contributed by atoms with Gasteiger partial charge in [0.2, 0.25) is 0 Å². The van der Waals surface area contributed by atoms with E-state index in [1.807, 2.05) is 33.8 Å². The SMILES string of the molecule is CC.CC.CCOC(=O)Cc1nc2ccc(N3CCN(C)CC3)cc2[nH]1. The Labute approximate surface area is 157 Å². The van der Waals surface area contributed by atoms with Crippen molar-refractivity contribution < 1.29 is 9.53 Å². The Kier molecular flexibility index (Phi) is 9.73. The minimum absolute atomic E-state index is 0.187. The van der Waals surface area contributed by atoms with Crippen LogP contribution in [0.3, 0.4) is 0 Å². The molecular formula is C20H34N4O2. The summed E-state index contributed by atoms with van der Waals surface area (Å²) in [6, 6.07) is 6.22. The normalized spacial score (nSPS) is 14.2. The smallest absolute Gasteiger partial charge is 0.313 e. The quantitative estimate of drug-likeness (QED) is 0.844. The number of rotatable bonds is 4. The number of carbonyl (C=O) groups excluding carboxylic acids is 1. The van der Waals surface area contributed by atoms with Crippen LogP contribution in [0.25, 0.3) is 11.0 Å². The van der Waals surface area contributed by atoms with Gasteiger partial charge in [-0.05, 0) is 32.2 Å². The number of likely N-dealkylation sites (N-methyl/N-ethyl adjacent to an activating group) is 1. The molecule has 1 aliphatic heterocycles. The van der Waals surface area contributed by atoms with Gasteiger partial charge in [-0.15, -0.1) is 0 Å². The van der Waals surface area contributed by atoms with Crippen LogP contribution in [0.5, 0.6) is 0 Å². The number of fused-ring (bicyclic) bond motifs is 1. The molecule has 0 amide bonds. The van der Waals surface area contributed by atoms with E-state index < -0.39 is 0 Å². The monoisotopic (exact) mass is 362 g/mol. The van der Waals surface area contributed by atoms with E-state index in [-0.39, 0.29) is 12.4 Å². The van der Waals surface area contributed by atoms with Crippen LogP contribution in [0.2, 0.25) is 0 Å². The average Bonchev–Trinajstić information content (AvgIpc) is 3.07. The molecule has 26 heavy (non-hydrogen) atoms. The molecule has 0 atom stereocenters. The molecule has 0 spiro atoms. The van der Waals surface area contributed by atoms with Crippen LogP contribution < -0.4 is 4.90 Å².